The summed E-state index contributed by atoms with van der Waals surface area (Å²) in [4.78, 5) is 15.1. The first-order chi connectivity index (χ1) is 19.8. The normalized spacial score (nSPS) is 17.5. The zero-order valence-electron chi connectivity index (χ0n) is 23.1. The second kappa shape index (κ2) is 12.4. The van der Waals surface area contributed by atoms with Crippen LogP contribution in [-0.2, 0) is 29.8 Å². The Labute approximate surface area is 240 Å². The zero-order valence-corrected chi connectivity index (χ0v) is 23.1. The fourth-order valence-electron chi connectivity index (χ4n) is 4.99. The van der Waals surface area contributed by atoms with Crippen LogP contribution in [0.15, 0.2) is 41.5 Å². The molecule has 1 amide bonds. The molecule has 0 saturated heterocycles. The number of halogens is 9. The van der Waals surface area contributed by atoms with Gasteiger partial charge in [-0.3, -0.25) is 10.3 Å². The fraction of sp³-hybridized carbons (Fsp3) is 0.481. The molecule has 0 aliphatic carbocycles. The molecule has 2 aromatic rings. The van der Waals surface area contributed by atoms with E-state index in [1.54, 1.807) is 20.8 Å². The highest BCUT2D eigenvalue weighted by molar-refractivity contribution is 5.91. The number of nitrogens with one attached hydrogen (secondary N) is 2. The van der Waals surface area contributed by atoms with Crippen molar-refractivity contribution in [3.05, 3.63) is 64.2 Å². The highest BCUT2D eigenvalue weighted by Crippen LogP contribution is 2.46. The molecular weight excluding hydrogens is 597 g/mol. The lowest BCUT2D eigenvalue weighted by molar-refractivity contribution is -0.143. The Morgan fingerprint density at radius 2 is 1.53 bits per heavy atom. The number of carbonyl (C=O) groups is 1. The first kappa shape index (κ1) is 33.6. The summed E-state index contributed by atoms with van der Waals surface area (Å²) in [5.41, 5.74) is 2.18. The topological polar surface area (TPSA) is 92.8 Å². The lowest BCUT2D eigenvalue weighted by Gasteiger charge is -2.44. The number of fused-ring (bicyclic) bond motifs is 1. The van der Waals surface area contributed by atoms with E-state index in [2.05, 4.69) is 5.11 Å². The molecule has 16 heteroatoms. The van der Waals surface area contributed by atoms with Gasteiger partial charge in [-0.2, -0.15) is 39.5 Å². The van der Waals surface area contributed by atoms with Crippen LogP contribution in [0.4, 0.5) is 50.0 Å². The molecule has 0 fully saturated rings. The summed E-state index contributed by atoms with van der Waals surface area (Å²) in [6, 6.07) is 1.20. The Bertz CT molecular complexity index is 1320. The van der Waals surface area contributed by atoms with Crippen LogP contribution in [0, 0.1) is 10.9 Å². The van der Waals surface area contributed by atoms with Gasteiger partial charge in [0.05, 0.1) is 34.5 Å². The van der Waals surface area contributed by atoms with Crippen molar-refractivity contribution >= 4 is 17.7 Å². The quantitative estimate of drug-likeness (QED) is 0.145. The third-order valence-electron chi connectivity index (χ3n) is 6.74. The molecule has 0 saturated carbocycles. The minimum Gasteiger partial charge on any atom is -0.446 e. The Hall–Kier alpha value is -3.85. The highest BCUT2D eigenvalue weighted by Gasteiger charge is 2.43. The maximum Gasteiger partial charge on any atom is 0.416 e. The molecule has 2 aromatic carbocycles. The van der Waals surface area contributed by atoms with E-state index in [-0.39, 0.29) is 30.2 Å². The Morgan fingerprint density at radius 3 is 2.00 bits per heavy atom. The molecule has 0 aromatic heterocycles. The summed E-state index contributed by atoms with van der Waals surface area (Å²) in [6.07, 6.45) is -16.1. The molecule has 7 nitrogen and oxygen atoms in total. The molecule has 1 aliphatic rings. The summed E-state index contributed by atoms with van der Waals surface area (Å²) in [5, 5.41) is 11.2. The van der Waals surface area contributed by atoms with E-state index >= 15 is 0 Å². The first-order valence-corrected chi connectivity index (χ1v) is 13.0. The summed E-state index contributed by atoms with van der Waals surface area (Å²) in [6.45, 7) is 4.06. The van der Waals surface area contributed by atoms with Gasteiger partial charge < -0.3 is 9.64 Å². The molecule has 3 rings (SSSR count). The maximum atomic E-state index is 13.8. The van der Waals surface area contributed by atoms with Crippen molar-refractivity contribution in [1.82, 2.24) is 4.90 Å². The standard InChI is InChI=1S/C27H28F9N5O2/c1-4-5-19-12-22(20-11-16(25(28,29)30)6-7-21(20)41(19)24(42)43-14(2)3)40(23(37)39-38)13-15-8-17(26(31,32)33)10-18(9-15)27(34,35)36/h6-11,14,19,22,37-38H,4-5,12-13H2,1-3H3. The number of carbonyl (C=O) groups excluding carboxylic acids is 1. The van der Waals surface area contributed by atoms with E-state index in [9.17, 15) is 44.3 Å². The Balaban J connectivity index is 2.25. The number of hydrogen-bond donors (Lipinski definition) is 2. The third kappa shape index (κ3) is 7.76. The van der Waals surface area contributed by atoms with Gasteiger partial charge in [-0.1, -0.05) is 13.3 Å². The number of hydrogen-bond acceptors (Lipinski definition) is 4. The highest BCUT2D eigenvalue weighted by atomic mass is 19.4. The van der Waals surface area contributed by atoms with Gasteiger partial charge in [0.15, 0.2) is 0 Å². The first-order valence-electron chi connectivity index (χ1n) is 13.0. The number of anilines is 1. The maximum absolute atomic E-state index is 13.8. The van der Waals surface area contributed by atoms with Crippen LogP contribution in [-0.4, -0.2) is 29.1 Å². The van der Waals surface area contributed by atoms with Crippen molar-refractivity contribution in [2.24, 2.45) is 5.11 Å². The molecule has 0 spiro atoms. The van der Waals surface area contributed by atoms with E-state index in [4.69, 9.17) is 15.7 Å². The molecule has 1 heterocycles. The predicted octanol–water partition coefficient (Wildman–Crippen LogP) is 9.18. The average Bonchev–Trinajstić information content (AvgIpc) is 2.88. The molecule has 1 aliphatic heterocycles. The van der Waals surface area contributed by atoms with Crippen LogP contribution in [0.3, 0.4) is 0 Å². The molecule has 2 unspecified atom stereocenters. The van der Waals surface area contributed by atoms with Crippen LogP contribution < -0.4 is 4.90 Å². The van der Waals surface area contributed by atoms with E-state index in [1.165, 1.54) is 4.90 Å². The lowest BCUT2D eigenvalue weighted by Crippen LogP contribution is -2.49. The second-order valence-corrected chi connectivity index (χ2v) is 10.2. The van der Waals surface area contributed by atoms with Crippen LogP contribution in [0.1, 0.15) is 73.9 Å². The van der Waals surface area contributed by atoms with Gasteiger partial charge in [-0.05, 0) is 74.2 Å². The smallest absolute Gasteiger partial charge is 0.416 e. The molecular formula is C27H28F9N5O2. The number of guanidine groups is 1. The van der Waals surface area contributed by atoms with Crippen molar-refractivity contribution in [2.45, 2.75) is 83.3 Å². The molecule has 2 atom stereocenters. The van der Waals surface area contributed by atoms with Gasteiger partial charge in [-0.25, -0.2) is 10.3 Å². The van der Waals surface area contributed by atoms with Gasteiger partial charge in [0, 0.05) is 12.6 Å². The molecule has 0 radical (unpaired) electrons. The fourth-order valence-corrected chi connectivity index (χ4v) is 4.99. The summed E-state index contributed by atoms with van der Waals surface area (Å²) in [7, 11) is 0. The third-order valence-corrected chi connectivity index (χ3v) is 6.74. The van der Waals surface area contributed by atoms with Crippen LogP contribution in [0.5, 0.6) is 0 Å². The minimum absolute atomic E-state index is 0.0452. The second-order valence-electron chi connectivity index (χ2n) is 10.2. The van der Waals surface area contributed by atoms with Crippen molar-refractivity contribution < 1.29 is 49.0 Å². The Morgan fingerprint density at radius 1 is 0.977 bits per heavy atom. The summed E-state index contributed by atoms with van der Waals surface area (Å²) < 4.78 is 128. The number of alkyl halides is 9. The number of amides is 1. The molecule has 236 valence electrons. The average molecular weight is 626 g/mol. The summed E-state index contributed by atoms with van der Waals surface area (Å²) in [5.74, 6) is -0.923. The monoisotopic (exact) mass is 625 g/mol. The molecule has 43 heavy (non-hydrogen) atoms. The van der Waals surface area contributed by atoms with E-state index in [0.717, 1.165) is 17.0 Å². The van der Waals surface area contributed by atoms with Crippen molar-refractivity contribution in [3.63, 3.8) is 0 Å². The van der Waals surface area contributed by atoms with Gasteiger partial charge >= 0.3 is 24.6 Å². The van der Waals surface area contributed by atoms with Crippen molar-refractivity contribution in [2.75, 3.05) is 4.90 Å². The van der Waals surface area contributed by atoms with Crippen molar-refractivity contribution in [3.8, 4) is 0 Å². The number of nitrogens with zero attached hydrogens (tertiary/aromatic N) is 3. The minimum atomic E-state index is -5.17. The molecule has 0 bridgehead atoms. The number of rotatable bonds is 6. The van der Waals surface area contributed by atoms with Gasteiger partial charge in [0.2, 0.25) is 5.96 Å². The Kier molecular flexibility index (Phi) is 9.71. The van der Waals surface area contributed by atoms with Gasteiger partial charge in [-0.15, -0.1) is 5.11 Å². The van der Waals surface area contributed by atoms with E-state index in [1.807, 2.05) is 0 Å². The van der Waals surface area contributed by atoms with Gasteiger partial charge in [0.1, 0.15) is 0 Å². The van der Waals surface area contributed by atoms with E-state index < -0.39 is 77.6 Å². The SMILES string of the molecule is CCCC1CC(N(Cc2cc(C(F)(F)F)cc(C(F)(F)F)c2)C(=N)N=N)c2cc(C(F)(F)F)ccc2N1C(=O)OC(C)C. The van der Waals surface area contributed by atoms with Gasteiger partial charge in [0.25, 0.3) is 0 Å². The number of benzene rings is 2. The predicted molar refractivity (Wildman–Crippen MR) is 136 cm³/mol. The van der Waals surface area contributed by atoms with Crippen LogP contribution >= 0.6 is 0 Å². The lowest BCUT2D eigenvalue weighted by atomic mass is 9.87. The number of ether oxygens (including phenoxy) is 1. The largest absolute Gasteiger partial charge is 0.446 e. The van der Waals surface area contributed by atoms with E-state index in [0.29, 0.717) is 24.6 Å². The van der Waals surface area contributed by atoms with Crippen LogP contribution in [0.2, 0.25) is 0 Å². The van der Waals surface area contributed by atoms with Crippen molar-refractivity contribution in [1.29, 1.82) is 10.9 Å². The zero-order chi connectivity index (χ0) is 32.5. The van der Waals surface area contributed by atoms with Crippen LogP contribution in [0.25, 0.3) is 0 Å². The molecule has 2 N–H and O–H groups in total. The summed E-state index contributed by atoms with van der Waals surface area (Å²) >= 11 is 0.